The lowest BCUT2D eigenvalue weighted by Gasteiger charge is -2.12. The average Bonchev–Trinajstić information content (AvgIpc) is 2.46. The van der Waals surface area contributed by atoms with Gasteiger partial charge in [-0.15, -0.1) is 0 Å². The summed E-state index contributed by atoms with van der Waals surface area (Å²) in [6.45, 7) is 2.73. The first-order valence-electron chi connectivity index (χ1n) is 6.00. The third kappa shape index (κ3) is 3.17. The van der Waals surface area contributed by atoms with E-state index in [1.807, 2.05) is 18.2 Å². The van der Waals surface area contributed by atoms with Gasteiger partial charge >= 0.3 is 0 Å². The summed E-state index contributed by atoms with van der Waals surface area (Å²) >= 11 is 0. The van der Waals surface area contributed by atoms with Gasteiger partial charge in [0.2, 0.25) is 0 Å². The molecule has 0 aliphatic heterocycles. The summed E-state index contributed by atoms with van der Waals surface area (Å²) < 4.78 is 0. The molecule has 1 heterocycles. The molecule has 1 aromatic carbocycles. The van der Waals surface area contributed by atoms with Gasteiger partial charge in [-0.05, 0) is 23.6 Å². The molecule has 0 saturated carbocycles. The lowest BCUT2D eigenvalue weighted by Crippen LogP contribution is -2.27. The van der Waals surface area contributed by atoms with Gasteiger partial charge < -0.3 is 5.32 Å². The summed E-state index contributed by atoms with van der Waals surface area (Å²) in [6.07, 6.45) is 3.24. The van der Waals surface area contributed by atoms with Gasteiger partial charge in [-0.1, -0.05) is 37.3 Å². The topological polar surface area (TPSA) is 42.0 Å². The van der Waals surface area contributed by atoms with Crippen LogP contribution in [0.3, 0.4) is 0 Å². The predicted molar refractivity (Wildman–Crippen MR) is 71.4 cm³/mol. The molecule has 0 aliphatic rings. The van der Waals surface area contributed by atoms with Crippen LogP contribution in [0, 0.1) is 0 Å². The summed E-state index contributed by atoms with van der Waals surface area (Å²) in [4.78, 5) is 15.7. The highest BCUT2D eigenvalue weighted by Crippen LogP contribution is 2.13. The maximum Gasteiger partial charge on any atom is 0.251 e. The van der Waals surface area contributed by atoms with Gasteiger partial charge in [-0.2, -0.15) is 0 Å². The van der Waals surface area contributed by atoms with Crippen LogP contribution in [0.25, 0.3) is 0 Å². The Morgan fingerprint density at radius 1 is 1.17 bits per heavy atom. The fraction of sp³-hybridized carbons (Fsp3) is 0.200. The molecule has 2 rings (SSSR count). The van der Waals surface area contributed by atoms with Crippen LogP contribution in [-0.2, 0) is 0 Å². The molecule has 2 aromatic rings. The van der Waals surface area contributed by atoms with Crippen LogP contribution < -0.4 is 5.32 Å². The summed E-state index contributed by atoms with van der Waals surface area (Å²) in [5, 5.41) is 2.93. The third-order valence-corrected chi connectivity index (χ3v) is 2.88. The van der Waals surface area contributed by atoms with E-state index in [-0.39, 0.29) is 5.91 Å². The predicted octanol–water partition coefficient (Wildman–Crippen LogP) is 2.62. The van der Waals surface area contributed by atoms with Gasteiger partial charge in [-0.3, -0.25) is 9.78 Å². The number of hydrogen-bond donors (Lipinski definition) is 1. The standard InChI is InChI=1S/C15H16N2O/c1-12(13-5-3-2-4-6-13)11-17-15(18)14-7-9-16-10-8-14/h2-10,12H,11H2,1H3,(H,17,18)/t12-/m1/s1. The lowest BCUT2D eigenvalue weighted by atomic mass is 10.0. The molecule has 1 aromatic heterocycles. The quantitative estimate of drug-likeness (QED) is 0.892. The number of benzene rings is 1. The number of nitrogens with zero attached hydrogens (tertiary/aromatic N) is 1. The van der Waals surface area contributed by atoms with Gasteiger partial charge in [0, 0.05) is 24.5 Å². The second kappa shape index (κ2) is 5.96. The van der Waals surface area contributed by atoms with E-state index in [2.05, 4.69) is 29.4 Å². The summed E-state index contributed by atoms with van der Waals surface area (Å²) in [5.41, 5.74) is 1.87. The van der Waals surface area contributed by atoms with E-state index in [4.69, 9.17) is 0 Å². The van der Waals surface area contributed by atoms with E-state index in [1.165, 1.54) is 5.56 Å². The Morgan fingerprint density at radius 2 is 1.83 bits per heavy atom. The second-order valence-corrected chi connectivity index (χ2v) is 4.26. The zero-order chi connectivity index (χ0) is 12.8. The van der Waals surface area contributed by atoms with Crippen LogP contribution in [-0.4, -0.2) is 17.4 Å². The smallest absolute Gasteiger partial charge is 0.251 e. The molecule has 0 radical (unpaired) electrons. The Morgan fingerprint density at radius 3 is 2.50 bits per heavy atom. The van der Waals surface area contributed by atoms with Crippen molar-refractivity contribution in [2.24, 2.45) is 0 Å². The second-order valence-electron chi connectivity index (χ2n) is 4.26. The Kier molecular flexibility index (Phi) is 4.07. The third-order valence-electron chi connectivity index (χ3n) is 2.88. The molecule has 1 N–H and O–H groups in total. The molecule has 1 atom stereocenters. The fourth-order valence-corrected chi connectivity index (χ4v) is 1.75. The van der Waals surface area contributed by atoms with Crippen LogP contribution in [0.5, 0.6) is 0 Å². The highest BCUT2D eigenvalue weighted by molar-refractivity contribution is 5.93. The van der Waals surface area contributed by atoms with Crippen molar-refractivity contribution in [1.82, 2.24) is 10.3 Å². The molecule has 18 heavy (non-hydrogen) atoms. The number of hydrogen-bond acceptors (Lipinski definition) is 2. The minimum Gasteiger partial charge on any atom is -0.351 e. The van der Waals surface area contributed by atoms with Crippen LogP contribution in [0.4, 0.5) is 0 Å². The normalized spacial score (nSPS) is 11.8. The molecule has 92 valence electrons. The first-order valence-corrected chi connectivity index (χ1v) is 6.00. The van der Waals surface area contributed by atoms with Crippen LogP contribution >= 0.6 is 0 Å². The first kappa shape index (κ1) is 12.3. The molecule has 0 bridgehead atoms. The summed E-state index contributed by atoms with van der Waals surface area (Å²) in [6, 6.07) is 13.6. The number of aromatic nitrogens is 1. The van der Waals surface area contributed by atoms with Crippen molar-refractivity contribution in [3.8, 4) is 0 Å². The zero-order valence-corrected chi connectivity index (χ0v) is 10.3. The molecule has 3 nitrogen and oxygen atoms in total. The molecular formula is C15H16N2O. The molecule has 0 aliphatic carbocycles. The van der Waals surface area contributed by atoms with Crippen molar-refractivity contribution in [1.29, 1.82) is 0 Å². The minimum absolute atomic E-state index is 0.0554. The molecule has 0 unspecified atom stereocenters. The van der Waals surface area contributed by atoms with Gasteiger partial charge in [0.25, 0.3) is 5.91 Å². The Bertz CT molecular complexity index is 496. The SMILES string of the molecule is C[C@H](CNC(=O)c1ccncc1)c1ccccc1. The molecule has 0 spiro atoms. The van der Waals surface area contributed by atoms with Gasteiger partial charge in [0.15, 0.2) is 0 Å². The van der Waals surface area contributed by atoms with E-state index in [9.17, 15) is 4.79 Å². The average molecular weight is 240 g/mol. The Labute approximate surface area is 107 Å². The molecule has 3 heteroatoms. The summed E-state index contributed by atoms with van der Waals surface area (Å²) in [7, 11) is 0. The Balaban J connectivity index is 1.91. The zero-order valence-electron chi connectivity index (χ0n) is 10.3. The lowest BCUT2D eigenvalue weighted by molar-refractivity contribution is 0.0951. The van der Waals surface area contributed by atoms with E-state index in [0.29, 0.717) is 18.0 Å². The maximum atomic E-state index is 11.8. The number of carbonyl (C=O) groups excluding carboxylic acids is 1. The van der Waals surface area contributed by atoms with E-state index < -0.39 is 0 Å². The Hall–Kier alpha value is -2.16. The highest BCUT2D eigenvalue weighted by Gasteiger charge is 2.08. The van der Waals surface area contributed by atoms with Crippen molar-refractivity contribution < 1.29 is 4.79 Å². The number of carbonyl (C=O) groups is 1. The largest absolute Gasteiger partial charge is 0.351 e. The number of amides is 1. The van der Waals surface area contributed by atoms with E-state index in [1.54, 1.807) is 24.5 Å². The fourth-order valence-electron chi connectivity index (χ4n) is 1.75. The minimum atomic E-state index is -0.0554. The van der Waals surface area contributed by atoms with Crippen molar-refractivity contribution in [2.75, 3.05) is 6.54 Å². The van der Waals surface area contributed by atoms with Gasteiger partial charge in [0.1, 0.15) is 0 Å². The van der Waals surface area contributed by atoms with E-state index >= 15 is 0 Å². The maximum absolute atomic E-state index is 11.8. The van der Waals surface area contributed by atoms with Crippen molar-refractivity contribution in [3.63, 3.8) is 0 Å². The number of rotatable bonds is 4. The highest BCUT2D eigenvalue weighted by atomic mass is 16.1. The van der Waals surface area contributed by atoms with Crippen LogP contribution in [0.2, 0.25) is 0 Å². The van der Waals surface area contributed by atoms with Gasteiger partial charge in [0.05, 0.1) is 0 Å². The van der Waals surface area contributed by atoms with Crippen LogP contribution in [0.15, 0.2) is 54.9 Å². The van der Waals surface area contributed by atoms with Gasteiger partial charge in [-0.25, -0.2) is 0 Å². The number of nitrogens with one attached hydrogen (secondary N) is 1. The molecule has 0 fully saturated rings. The molecular weight excluding hydrogens is 224 g/mol. The van der Waals surface area contributed by atoms with E-state index in [0.717, 1.165) is 0 Å². The molecule has 1 amide bonds. The van der Waals surface area contributed by atoms with Crippen molar-refractivity contribution in [3.05, 3.63) is 66.0 Å². The van der Waals surface area contributed by atoms with Crippen molar-refractivity contribution in [2.45, 2.75) is 12.8 Å². The number of pyridine rings is 1. The van der Waals surface area contributed by atoms with Crippen LogP contribution in [0.1, 0.15) is 28.8 Å². The molecule has 0 saturated heterocycles. The monoisotopic (exact) mass is 240 g/mol. The van der Waals surface area contributed by atoms with Crippen molar-refractivity contribution >= 4 is 5.91 Å². The summed E-state index contributed by atoms with van der Waals surface area (Å²) in [5.74, 6) is 0.247. The first-order chi connectivity index (χ1) is 8.77.